The lowest BCUT2D eigenvalue weighted by molar-refractivity contribution is 0.415. The standard InChI is InChI=1S/C16H18FN7O3S/c1-24(14-6-7-19-22-14)16-18-9-11(17)15(21-16)20-12-5-4-10(27-2)8-13(12)23-28(3,25)26/h4-9,23H,1-3H3,(H,19,22)(H,18,20,21). The molecule has 0 amide bonds. The van der Waals surface area contributed by atoms with E-state index in [-0.39, 0.29) is 17.5 Å². The summed E-state index contributed by atoms with van der Waals surface area (Å²) in [6.07, 6.45) is 3.60. The van der Waals surface area contributed by atoms with Gasteiger partial charge in [-0.3, -0.25) is 14.7 Å². The molecule has 10 nitrogen and oxygen atoms in total. The van der Waals surface area contributed by atoms with Crippen LogP contribution in [0.2, 0.25) is 0 Å². The fraction of sp³-hybridized carbons (Fsp3) is 0.188. The number of ether oxygens (including phenoxy) is 1. The summed E-state index contributed by atoms with van der Waals surface area (Å²) >= 11 is 0. The average molecular weight is 407 g/mol. The van der Waals surface area contributed by atoms with E-state index in [4.69, 9.17) is 4.74 Å². The molecule has 0 aliphatic heterocycles. The van der Waals surface area contributed by atoms with Gasteiger partial charge in [-0.15, -0.1) is 0 Å². The molecule has 3 N–H and O–H groups in total. The lowest BCUT2D eigenvalue weighted by Crippen LogP contribution is -2.15. The van der Waals surface area contributed by atoms with E-state index >= 15 is 0 Å². The maximum Gasteiger partial charge on any atom is 0.232 e. The van der Waals surface area contributed by atoms with Gasteiger partial charge in [0.2, 0.25) is 16.0 Å². The topological polar surface area (TPSA) is 125 Å². The number of benzene rings is 1. The van der Waals surface area contributed by atoms with Crippen LogP contribution in [0.25, 0.3) is 0 Å². The molecule has 0 unspecified atom stereocenters. The molecule has 0 fully saturated rings. The Balaban J connectivity index is 1.96. The highest BCUT2D eigenvalue weighted by atomic mass is 32.2. The SMILES string of the molecule is COc1ccc(Nc2nc(N(C)c3ccn[nH]3)ncc2F)c(NS(C)(=O)=O)c1. The lowest BCUT2D eigenvalue weighted by atomic mass is 10.2. The Bertz CT molecular complexity index is 1070. The third-order valence-corrected chi connectivity index (χ3v) is 4.24. The van der Waals surface area contributed by atoms with Gasteiger partial charge in [0, 0.05) is 19.2 Å². The van der Waals surface area contributed by atoms with Crippen molar-refractivity contribution < 1.29 is 17.5 Å². The van der Waals surface area contributed by atoms with Gasteiger partial charge >= 0.3 is 0 Å². The van der Waals surface area contributed by atoms with E-state index in [1.54, 1.807) is 36.3 Å². The monoisotopic (exact) mass is 407 g/mol. The first-order valence-electron chi connectivity index (χ1n) is 7.95. The van der Waals surface area contributed by atoms with Crippen molar-refractivity contribution in [2.24, 2.45) is 0 Å². The van der Waals surface area contributed by atoms with Crippen molar-refractivity contribution in [3.05, 3.63) is 42.5 Å². The Morgan fingerprint density at radius 2 is 2.04 bits per heavy atom. The quantitative estimate of drug-likeness (QED) is 0.544. The van der Waals surface area contributed by atoms with E-state index in [2.05, 4.69) is 30.2 Å². The van der Waals surface area contributed by atoms with Crippen molar-refractivity contribution >= 4 is 39.0 Å². The Kier molecular flexibility index (Phi) is 5.31. The highest BCUT2D eigenvalue weighted by molar-refractivity contribution is 7.92. The van der Waals surface area contributed by atoms with Crippen LogP contribution >= 0.6 is 0 Å². The van der Waals surface area contributed by atoms with E-state index in [0.29, 0.717) is 17.3 Å². The summed E-state index contributed by atoms with van der Waals surface area (Å²) in [7, 11) is -0.428. The predicted octanol–water partition coefficient (Wildman–Crippen LogP) is 2.23. The normalized spacial score (nSPS) is 11.1. The number of nitrogens with zero attached hydrogens (tertiary/aromatic N) is 4. The second-order valence-corrected chi connectivity index (χ2v) is 7.53. The van der Waals surface area contributed by atoms with Crippen molar-refractivity contribution in [2.45, 2.75) is 0 Å². The Labute approximate surface area is 160 Å². The van der Waals surface area contributed by atoms with Gasteiger partial charge in [0.1, 0.15) is 11.6 Å². The molecule has 0 aliphatic rings. The molecule has 0 aliphatic carbocycles. The van der Waals surface area contributed by atoms with E-state index in [0.717, 1.165) is 12.5 Å². The molecule has 2 heterocycles. The molecule has 0 atom stereocenters. The maximum absolute atomic E-state index is 14.3. The molecule has 1 aromatic carbocycles. The second kappa shape index (κ2) is 7.68. The number of aromatic nitrogens is 4. The number of hydrogen-bond donors (Lipinski definition) is 3. The summed E-state index contributed by atoms with van der Waals surface area (Å²) in [6.45, 7) is 0. The molecular weight excluding hydrogens is 389 g/mol. The van der Waals surface area contributed by atoms with Crippen LogP contribution in [-0.4, -0.2) is 49.0 Å². The molecule has 12 heteroatoms. The lowest BCUT2D eigenvalue weighted by Gasteiger charge is -2.17. The molecule has 0 saturated carbocycles. The van der Waals surface area contributed by atoms with Gasteiger partial charge in [-0.25, -0.2) is 17.8 Å². The van der Waals surface area contributed by atoms with Gasteiger partial charge < -0.3 is 10.1 Å². The first kappa shape index (κ1) is 19.4. The molecule has 0 bridgehead atoms. The van der Waals surface area contributed by atoms with Crippen LogP contribution in [0, 0.1) is 5.82 Å². The highest BCUT2D eigenvalue weighted by Gasteiger charge is 2.15. The summed E-state index contributed by atoms with van der Waals surface area (Å²) in [5.74, 6) is 0.418. The summed E-state index contributed by atoms with van der Waals surface area (Å²) in [4.78, 5) is 9.73. The van der Waals surface area contributed by atoms with Crippen LogP contribution in [0.5, 0.6) is 5.75 Å². The number of sulfonamides is 1. The minimum Gasteiger partial charge on any atom is -0.497 e. The number of methoxy groups -OCH3 is 1. The third-order valence-electron chi connectivity index (χ3n) is 3.65. The van der Waals surface area contributed by atoms with Gasteiger partial charge in [-0.2, -0.15) is 10.1 Å². The molecule has 148 valence electrons. The molecule has 0 radical (unpaired) electrons. The van der Waals surface area contributed by atoms with Crippen molar-refractivity contribution in [1.82, 2.24) is 20.2 Å². The van der Waals surface area contributed by atoms with E-state index in [9.17, 15) is 12.8 Å². The van der Waals surface area contributed by atoms with Crippen LogP contribution < -0.4 is 19.7 Å². The smallest absolute Gasteiger partial charge is 0.232 e. The minimum absolute atomic E-state index is 0.127. The number of nitrogens with one attached hydrogen (secondary N) is 3. The molecule has 28 heavy (non-hydrogen) atoms. The van der Waals surface area contributed by atoms with Gasteiger partial charge in [0.25, 0.3) is 0 Å². The predicted molar refractivity (Wildman–Crippen MR) is 103 cm³/mol. The second-order valence-electron chi connectivity index (χ2n) is 5.78. The number of halogens is 1. The van der Waals surface area contributed by atoms with Crippen molar-refractivity contribution in [2.75, 3.05) is 35.4 Å². The van der Waals surface area contributed by atoms with Gasteiger partial charge in [0.05, 0.1) is 37.1 Å². The first-order valence-corrected chi connectivity index (χ1v) is 9.84. The zero-order chi connectivity index (χ0) is 20.3. The van der Waals surface area contributed by atoms with Crippen LogP contribution in [0.15, 0.2) is 36.7 Å². The Morgan fingerprint density at radius 1 is 1.25 bits per heavy atom. The minimum atomic E-state index is -3.57. The van der Waals surface area contributed by atoms with Crippen molar-refractivity contribution in [3.8, 4) is 5.75 Å². The molecular formula is C16H18FN7O3S. The maximum atomic E-state index is 14.3. The number of H-pyrrole nitrogens is 1. The number of rotatable bonds is 7. The molecule has 3 aromatic rings. The number of hydrogen-bond acceptors (Lipinski definition) is 8. The van der Waals surface area contributed by atoms with Crippen LogP contribution in [0.1, 0.15) is 0 Å². The van der Waals surface area contributed by atoms with Gasteiger partial charge in [-0.05, 0) is 12.1 Å². The molecule has 0 spiro atoms. The zero-order valence-corrected chi connectivity index (χ0v) is 16.1. The molecule has 2 aromatic heterocycles. The van der Waals surface area contributed by atoms with Crippen molar-refractivity contribution in [1.29, 1.82) is 0 Å². The molecule has 3 rings (SSSR count). The highest BCUT2D eigenvalue weighted by Crippen LogP contribution is 2.31. The summed E-state index contributed by atoms with van der Waals surface area (Å²) in [5.41, 5.74) is 0.474. The van der Waals surface area contributed by atoms with Crippen LogP contribution in [0.3, 0.4) is 0 Å². The van der Waals surface area contributed by atoms with Gasteiger partial charge in [0.15, 0.2) is 11.6 Å². The third kappa shape index (κ3) is 4.46. The summed E-state index contributed by atoms with van der Waals surface area (Å²) in [5, 5.41) is 9.40. The van der Waals surface area contributed by atoms with E-state index < -0.39 is 15.8 Å². The summed E-state index contributed by atoms with van der Waals surface area (Å²) in [6, 6.07) is 6.33. The largest absolute Gasteiger partial charge is 0.497 e. The summed E-state index contributed by atoms with van der Waals surface area (Å²) < 4.78 is 45.1. The Morgan fingerprint density at radius 3 is 2.68 bits per heavy atom. The first-order chi connectivity index (χ1) is 13.3. The molecule has 0 saturated heterocycles. The van der Waals surface area contributed by atoms with E-state index in [1.807, 2.05) is 0 Å². The van der Waals surface area contributed by atoms with Crippen LogP contribution in [-0.2, 0) is 10.0 Å². The number of anilines is 5. The van der Waals surface area contributed by atoms with Gasteiger partial charge in [-0.1, -0.05) is 0 Å². The fourth-order valence-corrected chi connectivity index (χ4v) is 2.89. The number of aromatic amines is 1. The Hall–Kier alpha value is -3.41. The average Bonchev–Trinajstić information content (AvgIpc) is 3.17. The van der Waals surface area contributed by atoms with Crippen LogP contribution in [0.4, 0.5) is 33.3 Å². The van der Waals surface area contributed by atoms with E-state index in [1.165, 1.54) is 13.2 Å². The van der Waals surface area contributed by atoms with Crippen molar-refractivity contribution in [3.63, 3.8) is 0 Å². The fourth-order valence-electron chi connectivity index (χ4n) is 2.32. The zero-order valence-electron chi connectivity index (χ0n) is 15.3.